The Morgan fingerprint density at radius 3 is 2.22 bits per heavy atom. The molecule has 9 heteroatoms. The largest absolute Gasteiger partial charge is 0.486 e. The zero-order valence-corrected chi connectivity index (χ0v) is 18.6. The Hall–Kier alpha value is -4.40. The van der Waals surface area contributed by atoms with Gasteiger partial charge in [-0.3, -0.25) is 4.79 Å². The van der Waals surface area contributed by atoms with Gasteiger partial charge in [0, 0.05) is 16.8 Å². The number of nitrogens with one attached hydrogen (secondary N) is 1. The molecule has 0 bridgehead atoms. The van der Waals surface area contributed by atoms with E-state index in [-0.39, 0.29) is 0 Å². The average molecular weight is 494 g/mol. The lowest BCUT2D eigenvalue weighted by Crippen LogP contribution is -2.15. The number of fused-ring (bicyclic) bond motifs is 1. The van der Waals surface area contributed by atoms with E-state index in [4.69, 9.17) is 14.5 Å². The fraction of sp³-hybridized carbons (Fsp3) is 0.111. The summed E-state index contributed by atoms with van der Waals surface area (Å²) in [5, 5.41) is 2.53. The van der Waals surface area contributed by atoms with Gasteiger partial charge in [0.2, 0.25) is 0 Å². The predicted octanol–water partition coefficient (Wildman–Crippen LogP) is 6.60. The maximum absolute atomic E-state index is 14.2. The molecule has 0 fully saturated rings. The third kappa shape index (κ3) is 4.86. The first-order chi connectivity index (χ1) is 17.3. The van der Waals surface area contributed by atoms with Crippen LogP contribution in [0.2, 0.25) is 0 Å². The summed E-state index contributed by atoms with van der Waals surface area (Å²) in [6.45, 7) is 0.970. The van der Waals surface area contributed by atoms with Crippen LogP contribution in [0.5, 0.6) is 11.5 Å². The molecule has 5 rings (SSSR count). The number of rotatable bonds is 4. The fourth-order valence-electron chi connectivity index (χ4n) is 3.79. The summed E-state index contributed by atoms with van der Waals surface area (Å²) in [6, 6.07) is 19.6. The smallest absolute Gasteiger partial charge is 0.416 e. The van der Waals surface area contributed by atoms with Crippen molar-refractivity contribution in [3.05, 3.63) is 95.8 Å². The highest BCUT2D eigenvalue weighted by Crippen LogP contribution is 2.35. The molecule has 0 saturated carbocycles. The second kappa shape index (κ2) is 9.33. The van der Waals surface area contributed by atoms with Crippen molar-refractivity contribution in [2.75, 3.05) is 18.5 Å². The Morgan fingerprint density at radius 1 is 0.806 bits per heavy atom. The highest BCUT2D eigenvalue weighted by atomic mass is 19.4. The van der Waals surface area contributed by atoms with Crippen molar-refractivity contribution in [3.63, 3.8) is 0 Å². The molecule has 5 nitrogen and oxygen atoms in total. The summed E-state index contributed by atoms with van der Waals surface area (Å²) in [4.78, 5) is 17.2. The molecule has 2 heterocycles. The molecule has 0 atom stereocenters. The SMILES string of the molecule is O=C(Nc1cccc(-c2cccc(-c3ccc4c(c3)OCCO4)n2)c1)c1ccc(C(F)(F)F)cc1F. The van der Waals surface area contributed by atoms with Crippen LogP contribution in [-0.2, 0) is 6.18 Å². The third-order valence-corrected chi connectivity index (χ3v) is 5.54. The van der Waals surface area contributed by atoms with Crippen molar-refractivity contribution in [1.82, 2.24) is 4.98 Å². The van der Waals surface area contributed by atoms with Crippen LogP contribution in [0.4, 0.5) is 23.2 Å². The number of benzene rings is 3. The highest BCUT2D eigenvalue weighted by Gasteiger charge is 2.31. The molecule has 1 aromatic heterocycles. The van der Waals surface area contributed by atoms with Crippen molar-refractivity contribution in [1.29, 1.82) is 0 Å². The first-order valence-corrected chi connectivity index (χ1v) is 10.9. The van der Waals surface area contributed by atoms with Gasteiger partial charge in [-0.2, -0.15) is 13.2 Å². The van der Waals surface area contributed by atoms with Crippen LogP contribution in [0, 0.1) is 5.82 Å². The standard InChI is InChI=1S/C27H18F4N2O3/c28-21-15-18(27(29,30)31)8-9-20(21)26(34)32-19-4-1-3-16(13-19)22-5-2-6-23(33-22)17-7-10-24-25(14-17)36-12-11-35-24/h1-10,13-15H,11-12H2,(H,32,34). The van der Waals surface area contributed by atoms with Crippen molar-refractivity contribution >= 4 is 11.6 Å². The highest BCUT2D eigenvalue weighted by molar-refractivity contribution is 6.04. The van der Waals surface area contributed by atoms with Gasteiger partial charge >= 0.3 is 6.18 Å². The monoisotopic (exact) mass is 494 g/mol. The summed E-state index contributed by atoms with van der Waals surface area (Å²) in [5.41, 5.74) is 1.52. The number of nitrogens with zero attached hydrogens (tertiary/aromatic N) is 1. The second-order valence-electron chi connectivity index (χ2n) is 7.99. The molecule has 4 aromatic rings. The lowest BCUT2D eigenvalue weighted by Gasteiger charge is -2.18. The molecule has 1 amide bonds. The summed E-state index contributed by atoms with van der Waals surface area (Å²) < 4.78 is 63.7. The van der Waals surface area contributed by atoms with E-state index in [1.165, 1.54) is 0 Å². The molecule has 36 heavy (non-hydrogen) atoms. The van der Waals surface area contributed by atoms with Gasteiger partial charge in [-0.15, -0.1) is 0 Å². The fourth-order valence-corrected chi connectivity index (χ4v) is 3.79. The Kier molecular flexibility index (Phi) is 6.05. The number of aromatic nitrogens is 1. The number of ether oxygens (including phenoxy) is 2. The van der Waals surface area contributed by atoms with Crippen LogP contribution in [0.3, 0.4) is 0 Å². The zero-order chi connectivity index (χ0) is 25.3. The summed E-state index contributed by atoms with van der Waals surface area (Å²) in [6.07, 6.45) is -4.70. The number of hydrogen-bond acceptors (Lipinski definition) is 4. The molecule has 0 unspecified atom stereocenters. The van der Waals surface area contributed by atoms with E-state index in [1.54, 1.807) is 30.3 Å². The van der Waals surface area contributed by atoms with E-state index < -0.39 is 29.0 Å². The minimum Gasteiger partial charge on any atom is -0.486 e. The maximum atomic E-state index is 14.2. The molecule has 0 radical (unpaired) electrons. The normalized spacial score (nSPS) is 12.8. The molecule has 0 aliphatic carbocycles. The number of carbonyl (C=O) groups is 1. The van der Waals surface area contributed by atoms with Gasteiger partial charge in [-0.25, -0.2) is 9.37 Å². The first-order valence-electron chi connectivity index (χ1n) is 10.9. The van der Waals surface area contributed by atoms with Crippen LogP contribution in [0.1, 0.15) is 15.9 Å². The number of carbonyl (C=O) groups excluding carboxylic acids is 1. The number of alkyl halides is 3. The van der Waals surface area contributed by atoms with Gasteiger partial charge in [0.1, 0.15) is 19.0 Å². The molecule has 1 aliphatic rings. The molecular formula is C27H18F4N2O3. The lowest BCUT2D eigenvalue weighted by molar-refractivity contribution is -0.137. The third-order valence-electron chi connectivity index (χ3n) is 5.54. The minimum atomic E-state index is -4.70. The van der Waals surface area contributed by atoms with Crippen molar-refractivity contribution in [2.24, 2.45) is 0 Å². The van der Waals surface area contributed by atoms with Crippen LogP contribution in [0.15, 0.2) is 78.9 Å². The van der Waals surface area contributed by atoms with E-state index in [9.17, 15) is 22.4 Å². The zero-order valence-electron chi connectivity index (χ0n) is 18.6. The Labute approximate surface area is 203 Å². The molecule has 0 saturated heterocycles. The van der Waals surface area contributed by atoms with Crippen molar-refractivity contribution in [3.8, 4) is 34.0 Å². The summed E-state index contributed by atoms with van der Waals surface area (Å²) >= 11 is 0. The summed E-state index contributed by atoms with van der Waals surface area (Å²) in [7, 11) is 0. The second-order valence-corrected chi connectivity index (χ2v) is 7.99. The molecule has 0 spiro atoms. The molecule has 1 N–H and O–H groups in total. The van der Waals surface area contributed by atoms with E-state index in [1.807, 2.05) is 30.3 Å². The number of pyridine rings is 1. The number of hydrogen-bond donors (Lipinski definition) is 1. The quantitative estimate of drug-likeness (QED) is 0.325. The molecule has 3 aromatic carbocycles. The van der Waals surface area contributed by atoms with Gasteiger partial charge in [0.15, 0.2) is 11.5 Å². The van der Waals surface area contributed by atoms with Crippen molar-refractivity contribution < 1.29 is 31.8 Å². The molecule has 182 valence electrons. The number of amides is 1. The van der Waals surface area contributed by atoms with E-state index in [0.717, 1.165) is 11.6 Å². The van der Waals surface area contributed by atoms with E-state index >= 15 is 0 Å². The molecular weight excluding hydrogens is 476 g/mol. The first kappa shape index (κ1) is 23.3. The predicted molar refractivity (Wildman–Crippen MR) is 125 cm³/mol. The summed E-state index contributed by atoms with van der Waals surface area (Å²) in [5.74, 6) is -0.802. The van der Waals surface area contributed by atoms with E-state index in [2.05, 4.69) is 5.32 Å². The van der Waals surface area contributed by atoms with Crippen LogP contribution < -0.4 is 14.8 Å². The number of anilines is 1. The van der Waals surface area contributed by atoms with Gasteiger partial charge in [-0.1, -0.05) is 18.2 Å². The van der Waals surface area contributed by atoms with Crippen molar-refractivity contribution in [2.45, 2.75) is 6.18 Å². The van der Waals surface area contributed by atoms with Crippen LogP contribution >= 0.6 is 0 Å². The topological polar surface area (TPSA) is 60.5 Å². The Morgan fingerprint density at radius 2 is 1.50 bits per heavy atom. The van der Waals surface area contributed by atoms with Crippen LogP contribution in [-0.4, -0.2) is 24.1 Å². The Bertz CT molecular complexity index is 1450. The lowest BCUT2D eigenvalue weighted by atomic mass is 10.1. The number of halogens is 4. The van der Waals surface area contributed by atoms with Gasteiger partial charge in [-0.05, 0) is 60.7 Å². The van der Waals surface area contributed by atoms with Gasteiger partial charge < -0.3 is 14.8 Å². The average Bonchev–Trinajstić information content (AvgIpc) is 2.88. The minimum absolute atomic E-state index is 0.304. The van der Waals surface area contributed by atoms with E-state index in [0.29, 0.717) is 59.5 Å². The van der Waals surface area contributed by atoms with Gasteiger partial charge in [0.25, 0.3) is 5.91 Å². The molecule has 1 aliphatic heterocycles. The van der Waals surface area contributed by atoms with Crippen LogP contribution in [0.25, 0.3) is 22.5 Å². The van der Waals surface area contributed by atoms with Gasteiger partial charge in [0.05, 0.1) is 22.5 Å². The maximum Gasteiger partial charge on any atom is 0.416 e. The Balaban J connectivity index is 1.38.